The van der Waals surface area contributed by atoms with Crippen LogP contribution in [0.1, 0.15) is 6.42 Å². The molecule has 0 radical (unpaired) electrons. The summed E-state index contributed by atoms with van der Waals surface area (Å²) in [5.74, 6) is -1.17. The number of nitrogens with two attached hydrogens (primary N) is 1. The highest BCUT2D eigenvalue weighted by Crippen LogP contribution is 2.41. The Kier molecular flexibility index (Phi) is 5.16. The van der Waals surface area contributed by atoms with Gasteiger partial charge in [-0.25, -0.2) is 4.79 Å². The number of rotatable bonds is 4. The summed E-state index contributed by atoms with van der Waals surface area (Å²) in [7, 11) is 1.21. The van der Waals surface area contributed by atoms with Gasteiger partial charge in [-0.05, 0) is 0 Å². The molecular formula is C16H18ClN3O5S. The lowest BCUT2D eigenvalue weighted by Gasteiger charge is -2.49. The topological polar surface area (TPSA) is 122 Å². The molecule has 2 heterocycles. The standard InChI is InChI=1S/C16H18ClN3O5S/c1-25-15(24)12-9(17)7-26-14-11(13(23)20(12)14)19-10(22)6-16(18)4-2-8(21)3-5-16/h2-5,8,11,14,21H,6-7,18H2,1H3,(H,19,22). The van der Waals surface area contributed by atoms with Crippen molar-refractivity contribution < 1.29 is 24.2 Å². The summed E-state index contributed by atoms with van der Waals surface area (Å²) in [6.07, 6.45) is 5.31. The molecule has 26 heavy (non-hydrogen) atoms. The molecule has 3 aliphatic rings. The highest BCUT2D eigenvalue weighted by molar-refractivity contribution is 8.00. The Hall–Kier alpha value is -1.81. The van der Waals surface area contributed by atoms with E-state index in [2.05, 4.69) is 10.1 Å². The molecule has 4 N–H and O–H groups in total. The molecule has 10 heteroatoms. The third-order valence-corrected chi connectivity index (χ3v) is 6.04. The van der Waals surface area contributed by atoms with Crippen LogP contribution in [-0.2, 0) is 19.1 Å². The normalized spacial score (nSPS) is 32.8. The third-order valence-electron chi connectivity index (χ3n) is 4.29. The minimum Gasteiger partial charge on any atom is -0.464 e. The second kappa shape index (κ2) is 7.07. The molecule has 0 aromatic rings. The maximum atomic E-state index is 12.4. The molecule has 2 aliphatic heterocycles. The fourth-order valence-electron chi connectivity index (χ4n) is 2.96. The van der Waals surface area contributed by atoms with Crippen molar-refractivity contribution in [2.24, 2.45) is 5.73 Å². The molecular weight excluding hydrogens is 382 g/mol. The number of ether oxygens (including phenoxy) is 1. The van der Waals surface area contributed by atoms with Crippen molar-refractivity contribution in [1.82, 2.24) is 10.2 Å². The van der Waals surface area contributed by atoms with Crippen molar-refractivity contribution in [2.45, 2.75) is 29.5 Å². The predicted molar refractivity (Wildman–Crippen MR) is 95.7 cm³/mol. The van der Waals surface area contributed by atoms with Gasteiger partial charge in [-0.3, -0.25) is 14.5 Å². The average molecular weight is 400 g/mol. The summed E-state index contributed by atoms with van der Waals surface area (Å²) in [5.41, 5.74) is 5.10. The molecule has 0 saturated carbocycles. The summed E-state index contributed by atoms with van der Waals surface area (Å²) in [5, 5.41) is 11.9. The molecule has 0 spiro atoms. The quantitative estimate of drug-likeness (QED) is 0.333. The van der Waals surface area contributed by atoms with Crippen molar-refractivity contribution in [3.8, 4) is 0 Å². The number of thioether (sulfide) groups is 1. The molecule has 0 bridgehead atoms. The average Bonchev–Trinajstić information content (AvgIpc) is 2.61. The van der Waals surface area contributed by atoms with E-state index < -0.39 is 40.8 Å². The first-order valence-corrected chi connectivity index (χ1v) is 9.25. The highest BCUT2D eigenvalue weighted by Gasteiger charge is 2.54. The summed E-state index contributed by atoms with van der Waals surface area (Å²) < 4.78 is 4.68. The van der Waals surface area contributed by atoms with E-state index >= 15 is 0 Å². The molecule has 2 unspecified atom stereocenters. The van der Waals surface area contributed by atoms with Gasteiger partial charge in [0.25, 0.3) is 5.91 Å². The number of β-lactam (4-membered cyclic amide) rings is 1. The van der Waals surface area contributed by atoms with Gasteiger partial charge in [0.1, 0.15) is 17.1 Å². The fraction of sp³-hybridized carbons (Fsp3) is 0.438. The van der Waals surface area contributed by atoms with E-state index in [9.17, 15) is 19.5 Å². The van der Waals surface area contributed by atoms with Crippen LogP contribution in [0.25, 0.3) is 0 Å². The zero-order valence-corrected chi connectivity index (χ0v) is 15.4. The summed E-state index contributed by atoms with van der Waals surface area (Å²) in [4.78, 5) is 37.9. The van der Waals surface area contributed by atoms with Crippen molar-refractivity contribution in [3.05, 3.63) is 35.0 Å². The van der Waals surface area contributed by atoms with Gasteiger partial charge in [-0.2, -0.15) is 0 Å². The Morgan fingerprint density at radius 2 is 2.15 bits per heavy atom. The monoisotopic (exact) mass is 399 g/mol. The molecule has 3 rings (SSSR count). The number of amides is 2. The van der Waals surface area contributed by atoms with Gasteiger partial charge in [0, 0.05) is 5.75 Å². The number of hydrogen-bond donors (Lipinski definition) is 3. The number of hydrogen-bond acceptors (Lipinski definition) is 7. The summed E-state index contributed by atoms with van der Waals surface area (Å²) in [6.45, 7) is 0. The predicted octanol–water partition coefficient (Wildman–Crippen LogP) is -0.416. The van der Waals surface area contributed by atoms with Crippen LogP contribution in [0.4, 0.5) is 0 Å². The van der Waals surface area contributed by atoms with E-state index in [0.29, 0.717) is 5.75 Å². The zero-order chi connectivity index (χ0) is 19.1. The number of nitrogens with zero attached hydrogens (tertiary/aromatic N) is 1. The maximum Gasteiger partial charge on any atom is 0.356 e. The molecule has 8 nitrogen and oxygen atoms in total. The number of aliphatic hydroxyl groups is 1. The van der Waals surface area contributed by atoms with Crippen molar-refractivity contribution in [2.75, 3.05) is 12.9 Å². The number of carbonyl (C=O) groups is 3. The Morgan fingerprint density at radius 1 is 1.50 bits per heavy atom. The second-order valence-corrected chi connectivity index (χ2v) is 7.76. The third kappa shape index (κ3) is 3.39. The van der Waals surface area contributed by atoms with Crippen molar-refractivity contribution in [1.29, 1.82) is 0 Å². The lowest BCUT2D eigenvalue weighted by molar-refractivity contribution is -0.151. The summed E-state index contributed by atoms with van der Waals surface area (Å²) >= 11 is 7.41. The largest absolute Gasteiger partial charge is 0.464 e. The van der Waals surface area contributed by atoms with Gasteiger partial charge >= 0.3 is 5.97 Å². The Balaban J connectivity index is 1.65. The van der Waals surface area contributed by atoms with E-state index in [-0.39, 0.29) is 17.2 Å². The molecule has 2 amide bonds. The first kappa shape index (κ1) is 19.0. The molecule has 0 aromatic heterocycles. The van der Waals surface area contributed by atoms with Crippen LogP contribution >= 0.6 is 23.4 Å². The Labute approximate surface area is 159 Å². The lowest BCUT2D eigenvalue weighted by atomic mass is 9.90. The van der Waals surface area contributed by atoms with Crippen LogP contribution in [0.15, 0.2) is 35.0 Å². The lowest BCUT2D eigenvalue weighted by Crippen LogP contribution is -2.70. The van der Waals surface area contributed by atoms with E-state index in [0.717, 1.165) is 0 Å². The summed E-state index contributed by atoms with van der Waals surface area (Å²) in [6, 6.07) is -0.761. The zero-order valence-electron chi connectivity index (χ0n) is 13.8. The van der Waals surface area contributed by atoms with Crippen LogP contribution in [0, 0.1) is 0 Å². The molecule has 1 saturated heterocycles. The number of halogens is 1. The Morgan fingerprint density at radius 3 is 2.77 bits per heavy atom. The van der Waals surface area contributed by atoms with Gasteiger partial charge in [0.05, 0.1) is 30.2 Å². The van der Waals surface area contributed by atoms with E-state index in [1.807, 2.05) is 0 Å². The molecule has 140 valence electrons. The maximum absolute atomic E-state index is 12.4. The number of nitrogens with one attached hydrogen (secondary N) is 1. The first-order valence-electron chi connectivity index (χ1n) is 7.82. The minimum atomic E-state index is -1.02. The number of fused-ring (bicyclic) bond motifs is 1. The highest BCUT2D eigenvalue weighted by atomic mass is 35.5. The number of methoxy groups -OCH3 is 1. The van der Waals surface area contributed by atoms with E-state index in [1.54, 1.807) is 12.2 Å². The minimum absolute atomic E-state index is 0.0239. The second-order valence-electron chi connectivity index (χ2n) is 6.20. The van der Waals surface area contributed by atoms with Crippen molar-refractivity contribution >= 4 is 41.1 Å². The molecule has 2 atom stereocenters. The van der Waals surface area contributed by atoms with Crippen LogP contribution in [0.5, 0.6) is 0 Å². The first-order chi connectivity index (χ1) is 12.3. The van der Waals surface area contributed by atoms with E-state index in [1.165, 1.54) is 35.9 Å². The molecule has 1 aliphatic carbocycles. The van der Waals surface area contributed by atoms with Crippen LogP contribution in [0.3, 0.4) is 0 Å². The van der Waals surface area contributed by atoms with Gasteiger partial charge in [-0.15, -0.1) is 11.8 Å². The van der Waals surface area contributed by atoms with E-state index in [4.69, 9.17) is 17.3 Å². The van der Waals surface area contributed by atoms with Crippen LogP contribution < -0.4 is 11.1 Å². The van der Waals surface area contributed by atoms with Crippen molar-refractivity contribution in [3.63, 3.8) is 0 Å². The van der Waals surface area contributed by atoms with Crippen LogP contribution in [0.2, 0.25) is 0 Å². The van der Waals surface area contributed by atoms with Gasteiger partial charge < -0.3 is 20.9 Å². The smallest absolute Gasteiger partial charge is 0.356 e. The van der Waals surface area contributed by atoms with Gasteiger partial charge in [0.2, 0.25) is 5.91 Å². The Bertz CT molecular complexity index is 736. The number of aliphatic hydroxyl groups excluding tert-OH is 1. The molecule has 0 aromatic carbocycles. The van der Waals surface area contributed by atoms with Gasteiger partial charge in [-0.1, -0.05) is 35.9 Å². The fourth-order valence-corrected chi connectivity index (χ4v) is 4.51. The number of carbonyl (C=O) groups excluding carboxylic acids is 3. The van der Waals surface area contributed by atoms with Crippen LogP contribution in [-0.4, -0.2) is 63.7 Å². The SMILES string of the molecule is COC(=O)C1=C(Cl)CSC2C(NC(=O)CC3(N)C=CC(O)C=C3)C(=O)N12. The van der Waals surface area contributed by atoms with Gasteiger partial charge in [0.15, 0.2) is 0 Å². The molecule has 1 fully saturated rings. The number of esters is 1.